The second-order valence-electron chi connectivity index (χ2n) is 14.2. The van der Waals surface area contributed by atoms with Crippen LogP contribution in [0.1, 0.15) is 68.7 Å². The highest BCUT2D eigenvalue weighted by atomic mass is 79.9. The van der Waals surface area contributed by atoms with E-state index in [2.05, 4.69) is 57.0 Å². The quantitative estimate of drug-likeness (QED) is 0.130. The number of carbonyl (C=O) groups is 2. The number of amides is 2. The molecule has 7 rings (SSSR count). The number of phenolic OH excluding ortho intramolecular Hbond substituents is 1. The minimum atomic E-state index is -1.02. The Kier molecular flexibility index (Phi) is 10.7. The lowest BCUT2D eigenvalue weighted by Gasteiger charge is -2.43. The summed E-state index contributed by atoms with van der Waals surface area (Å²) in [5, 5.41) is 21.8. The van der Waals surface area contributed by atoms with Gasteiger partial charge in [-0.2, -0.15) is 0 Å². The Bertz CT molecular complexity index is 1760. The van der Waals surface area contributed by atoms with Gasteiger partial charge in [-0.3, -0.25) is 24.4 Å². The van der Waals surface area contributed by atoms with Crippen molar-refractivity contribution in [1.82, 2.24) is 14.8 Å². The molecule has 0 bridgehead atoms. The average Bonchev–Trinajstić information content (AvgIpc) is 3.37. The maximum atomic E-state index is 14.4. The van der Waals surface area contributed by atoms with Gasteiger partial charge < -0.3 is 14.8 Å². The number of rotatable bonds is 10. The predicted octanol–water partition coefficient (Wildman–Crippen LogP) is 7.13. The van der Waals surface area contributed by atoms with Gasteiger partial charge in [0, 0.05) is 41.9 Å². The van der Waals surface area contributed by atoms with Crippen LogP contribution in [0.4, 0.5) is 0 Å². The van der Waals surface area contributed by atoms with Crippen LogP contribution in [-0.2, 0) is 20.8 Å². The topological polar surface area (TPSA) is 103 Å². The number of pyridine rings is 1. The number of aromatic nitrogens is 1. The van der Waals surface area contributed by atoms with Gasteiger partial charge in [-0.15, -0.1) is 0 Å². The molecule has 1 aliphatic carbocycles. The number of fused-ring (bicyclic) bond motifs is 3. The van der Waals surface area contributed by atoms with Gasteiger partial charge in [0.1, 0.15) is 5.75 Å². The van der Waals surface area contributed by atoms with E-state index >= 15 is 0 Å². The minimum absolute atomic E-state index is 0.0269. The Hall–Kier alpha value is -3.57. The van der Waals surface area contributed by atoms with E-state index < -0.39 is 19.1 Å². The monoisotopic (exact) mass is 737 g/mol. The van der Waals surface area contributed by atoms with Crippen molar-refractivity contribution in [1.29, 1.82) is 0 Å². The van der Waals surface area contributed by atoms with Gasteiger partial charge in [0.2, 0.25) is 11.8 Å². The number of hydrogen-bond acceptors (Lipinski definition) is 7. The molecule has 50 heavy (non-hydrogen) atoms. The number of aromatic hydroxyl groups is 1. The van der Waals surface area contributed by atoms with Crippen LogP contribution in [0, 0.1) is 17.8 Å². The molecule has 2 aromatic carbocycles. The largest absolute Gasteiger partial charge is 0.507 e. The summed E-state index contributed by atoms with van der Waals surface area (Å²) in [6.45, 7) is 4.71. The first kappa shape index (κ1) is 34.9. The van der Waals surface area contributed by atoms with Crippen LogP contribution in [0.25, 0.3) is 11.6 Å². The summed E-state index contributed by atoms with van der Waals surface area (Å²) < 4.78 is 7.16. The molecule has 0 unspecified atom stereocenters. The number of piperidine rings is 1. The molecule has 10 heteroatoms. The molecule has 0 spiro atoms. The van der Waals surface area contributed by atoms with Crippen LogP contribution in [-0.4, -0.2) is 69.1 Å². The number of carbonyl (C=O) groups excluding carboxylic acids is 2. The molecule has 2 amide bonds. The summed E-state index contributed by atoms with van der Waals surface area (Å²) >= 11 is 3.52. The molecule has 2 N–H and O–H groups in total. The fraction of sp³-hybridized carbons (Fsp3) is 0.425. The maximum Gasteiger partial charge on any atom is 0.455 e. The van der Waals surface area contributed by atoms with Crippen molar-refractivity contribution in [3.05, 3.63) is 105 Å². The summed E-state index contributed by atoms with van der Waals surface area (Å²) in [6.07, 6.45) is 8.66. The molecule has 0 saturated carbocycles. The smallest absolute Gasteiger partial charge is 0.455 e. The first-order valence-electron chi connectivity index (χ1n) is 18.1. The van der Waals surface area contributed by atoms with E-state index in [0.717, 1.165) is 66.6 Å². The van der Waals surface area contributed by atoms with Crippen molar-refractivity contribution in [2.24, 2.45) is 17.8 Å². The SMILES string of the molecule is CCCC1=C2[C@@H](CC/C(=C/c3cc(Br)ccc3O)c3ccccn3)OB(O)C[C@@H]2[C@@H]2C(=O)N(C3CCN(Cc4ccccc4)CC3)C(=O)[C@@H]2C1. The number of hydrogen-bond donors (Lipinski definition) is 2. The molecule has 260 valence electrons. The Morgan fingerprint density at radius 1 is 1.04 bits per heavy atom. The number of allylic oxidation sites excluding steroid dienone is 2. The molecule has 4 atom stereocenters. The zero-order valence-corrected chi connectivity index (χ0v) is 30.2. The highest BCUT2D eigenvalue weighted by Gasteiger charge is 2.58. The van der Waals surface area contributed by atoms with E-state index in [0.29, 0.717) is 31.1 Å². The van der Waals surface area contributed by atoms with Gasteiger partial charge in [-0.25, -0.2) is 0 Å². The summed E-state index contributed by atoms with van der Waals surface area (Å²) in [5.74, 6) is -0.999. The van der Waals surface area contributed by atoms with E-state index in [4.69, 9.17) is 4.65 Å². The summed E-state index contributed by atoms with van der Waals surface area (Å²) in [7, 11) is -1.02. The molecule has 1 aromatic heterocycles. The van der Waals surface area contributed by atoms with Crippen molar-refractivity contribution in [2.75, 3.05) is 13.1 Å². The van der Waals surface area contributed by atoms with Crippen LogP contribution in [0.15, 0.2) is 88.5 Å². The Morgan fingerprint density at radius 2 is 1.82 bits per heavy atom. The van der Waals surface area contributed by atoms with Crippen LogP contribution < -0.4 is 0 Å². The van der Waals surface area contributed by atoms with Crippen LogP contribution in [0.3, 0.4) is 0 Å². The Balaban J connectivity index is 1.12. The van der Waals surface area contributed by atoms with Crippen LogP contribution >= 0.6 is 15.9 Å². The number of imide groups is 1. The van der Waals surface area contributed by atoms with Crippen molar-refractivity contribution >= 4 is 46.5 Å². The van der Waals surface area contributed by atoms with E-state index in [1.54, 1.807) is 23.2 Å². The first-order valence-corrected chi connectivity index (χ1v) is 18.9. The fourth-order valence-corrected chi connectivity index (χ4v) is 9.18. The van der Waals surface area contributed by atoms with Gasteiger partial charge in [0.15, 0.2) is 0 Å². The van der Waals surface area contributed by atoms with Crippen molar-refractivity contribution in [3.8, 4) is 5.75 Å². The fourth-order valence-electron chi connectivity index (χ4n) is 8.81. The van der Waals surface area contributed by atoms with Crippen LogP contribution in [0.5, 0.6) is 5.75 Å². The van der Waals surface area contributed by atoms with Crippen LogP contribution in [0.2, 0.25) is 6.32 Å². The predicted molar refractivity (Wildman–Crippen MR) is 198 cm³/mol. The normalized spacial score (nSPS) is 24.9. The first-order chi connectivity index (χ1) is 24.3. The lowest BCUT2D eigenvalue weighted by molar-refractivity contribution is -0.144. The van der Waals surface area contributed by atoms with Gasteiger partial charge in [0.25, 0.3) is 0 Å². The van der Waals surface area contributed by atoms with Crippen molar-refractivity contribution < 1.29 is 24.4 Å². The third kappa shape index (κ3) is 7.26. The van der Waals surface area contributed by atoms with E-state index in [9.17, 15) is 19.7 Å². The van der Waals surface area contributed by atoms with Gasteiger partial charge >= 0.3 is 7.12 Å². The highest BCUT2D eigenvalue weighted by molar-refractivity contribution is 9.10. The Morgan fingerprint density at radius 3 is 2.56 bits per heavy atom. The number of halogens is 1. The molecule has 4 aliphatic rings. The standard InChI is InChI=1S/C40H45BBrN3O5/c1-2-8-28-23-32-38(40(48)45(39(32)47)31-16-19-44(20-17-31)25-26-9-4-3-5-10-26)33-24-41(49)50-36(37(28)33)15-12-27(34-11-6-7-18-43-34)21-29-22-30(42)13-14-35(29)46/h3-7,9-11,13-14,18,21-22,31-33,36,38,46,49H,2,8,12,15-17,19-20,23-25H2,1H3/b27-21-/t32-,33+,36-,38-/m1/s1. The maximum absolute atomic E-state index is 14.4. The van der Waals surface area contributed by atoms with Gasteiger partial charge in [-0.1, -0.05) is 71.2 Å². The minimum Gasteiger partial charge on any atom is -0.507 e. The molecule has 4 heterocycles. The molecule has 3 fully saturated rings. The second-order valence-corrected chi connectivity index (χ2v) is 15.1. The van der Waals surface area contributed by atoms with Gasteiger partial charge in [-0.05, 0) is 104 Å². The summed E-state index contributed by atoms with van der Waals surface area (Å²) in [6, 6.07) is 21.4. The Labute approximate surface area is 303 Å². The third-order valence-electron chi connectivity index (χ3n) is 11.1. The van der Waals surface area contributed by atoms with Crippen molar-refractivity contribution in [3.63, 3.8) is 0 Å². The molecular formula is C40H45BBrN3O5. The van der Waals surface area contributed by atoms with E-state index in [1.807, 2.05) is 36.4 Å². The highest BCUT2D eigenvalue weighted by Crippen LogP contribution is 2.52. The average molecular weight is 739 g/mol. The summed E-state index contributed by atoms with van der Waals surface area (Å²) in [5.41, 5.74) is 6.01. The second kappa shape index (κ2) is 15.4. The third-order valence-corrected chi connectivity index (χ3v) is 11.5. The van der Waals surface area contributed by atoms with Gasteiger partial charge in [0.05, 0.1) is 23.6 Å². The van der Waals surface area contributed by atoms with E-state index in [1.165, 1.54) is 11.1 Å². The number of benzene rings is 2. The molecular weight excluding hydrogens is 693 g/mol. The van der Waals surface area contributed by atoms with Crippen molar-refractivity contribution in [2.45, 2.75) is 76.9 Å². The zero-order valence-electron chi connectivity index (χ0n) is 28.6. The number of nitrogens with zero attached hydrogens (tertiary/aromatic N) is 3. The summed E-state index contributed by atoms with van der Waals surface area (Å²) in [4.78, 5) is 37.2. The molecule has 3 aromatic rings. The lowest BCUT2D eigenvalue weighted by atomic mass is 9.58. The number of likely N-dealkylation sites (tertiary alicyclic amines) is 2. The molecule has 0 radical (unpaired) electrons. The molecule has 3 saturated heterocycles. The zero-order chi connectivity index (χ0) is 34.8. The van der Waals surface area contributed by atoms with E-state index in [-0.39, 0.29) is 35.4 Å². The molecule has 3 aliphatic heterocycles. The lowest BCUT2D eigenvalue weighted by Crippen LogP contribution is -2.48. The number of phenols is 1. The molecule has 8 nitrogen and oxygen atoms in total.